The van der Waals surface area contributed by atoms with E-state index in [1.54, 1.807) is 13.2 Å². The predicted octanol–water partition coefficient (Wildman–Crippen LogP) is 2.35. The molecule has 0 aliphatic heterocycles. The molecular formula is C14H15N3O3. The van der Waals surface area contributed by atoms with Gasteiger partial charge in [-0.25, -0.2) is 14.8 Å². The minimum absolute atomic E-state index is 0.199. The molecule has 0 radical (unpaired) electrons. The van der Waals surface area contributed by atoms with Crippen LogP contribution in [0.15, 0.2) is 35.2 Å². The van der Waals surface area contributed by atoms with Gasteiger partial charge in [-0.1, -0.05) is 0 Å². The fourth-order valence-electron chi connectivity index (χ4n) is 2.04. The zero-order valence-corrected chi connectivity index (χ0v) is 11.1. The number of carbonyl (C=O) groups excluding carboxylic acids is 1. The van der Waals surface area contributed by atoms with Crippen LogP contribution in [0.5, 0.6) is 0 Å². The Balaban J connectivity index is 1.71. The van der Waals surface area contributed by atoms with Crippen LogP contribution in [-0.4, -0.2) is 22.5 Å². The van der Waals surface area contributed by atoms with Gasteiger partial charge < -0.3 is 14.5 Å². The van der Waals surface area contributed by atoms with Crippen LogP contribution in [0.4, 0.5) is 5.95 Å². The van der Waals surface area contributed by atoms with E-state index in [2.05, 4.69) is 15.3 Å². The molecule has 104 valence electrons. The van der Waals surface area contributed by atoms with E-state index >= 15 is 0 Å². The van der Waals surface area contributed by atoms with Crippen LogP contribution in [0.2, 0.25) is 0 Å². The first-order chi connectivity index (χ1) is 9.73. The standard InChI is InChI=1S/C14H15N3O3/c1-2-19-12(18)10-8-15-13(16-9-10)17-14(5-6-14)11-4-3-7-20-11/h3-4,7-9H,2,5-6H2,1H3,(H,15,16,17). The summed E-state index contributed by atoms with van der Waals surface area (Å²) in [5.41, 5.74) is 0.148. The summed E-state index contributed by atoms with van der Waals surface area (Å²) >= 11 is 0. The molecule has 1 fully saturated rings. The molecule has 0 unspecified atom stereocenters. The molecular weight excluding hydrogens is 258 g/mol. The molecule has 2 heterocycles. The number of carbonyl (C=O) groups is 1. The maximum atomic E-state index is 11.5. The molecule has 0 spiro atoms. The van der Waals surface area contributed by atoms with Crippen molar-refractivity contribution >= 4 is 11.9 Å². The highest BCUT2D eigenvalue weighted by atomic mass is 16.5. The number of hydrogen-bond donors (Lipinski definition) is 1. The molecule has 1 aliphatic carbocycles. The van der Waals surface area contributed by atoms with Crippen molar-refractivity contribution in [1.82, 2.24) is 9.97 Å². The van der Waals surface area contributed by atoms with Crippen LogP contribution in [0.1, 0.15) is 35.9 Å². The summed E-state index contributed by atoms with van der Waals surface area (Å²) in [6, 6.07) is 3.80. The van der Waals surface area contributed by atoms with Crippen molar-refractivity contribution in [1.29, 1.82) is 0 Å². The second-order valence-corrected chi connectivity index (χ2v) is 4.70. The van der Waals surface area contributed by atoms with Crippen molar-refractivity contribution in [2.24, 2.45) is 0 Å². The molecule has 2 aromatic rings. The van der Waals surface area contributed by atoms with E-state index in [1.165, 1.54) is 12.4 Å². The van der Waals surface area contributed by atoms with Gasteiger partial charge in [0.1, 0.15) is 5.76 Å². The maximum absolute atomic E-state index is 11.5. The maximum Gasteiger partial charge on any atom is 0.341 e. The fourth-order valence-corrected chi connectivity index (χ4v) is 2.04. The van der Waals surface area contributed by atoms with Crippen LogP contribution in [0.25, 0.3) is 0 Å². The van der Waals surface area contributed by atoms with Gasteiger partial charge in [0, 0.05) is 12.4 Å². The number of esters is 1. The number of hydrogen-bond acceptors (Lipinski definition) is 6. The van der Waals surface area contributed by atoms with Crippen LogP contribution in [-0.2, 0) is 10.3 Å². The summed E-state index contributed by atoms with van der Waals surface area (Å²) in [5, 5.41) is 3.26. The Hall–Kier alpha value is -2.37. The van der Waals surface area contributed by atoms with E-state index < -0.39 is 5.97 Å². The molecule has 0 aromatic carbocycles. The highest BCUT2D eigenvalue weighted by Crippen LogP contribution is 2.47. The first-order valence-corrected chi connectivity index (χ1v) is 6.55. The number of nitrogens with one attached hydrogen (secondary N) is 1. The lowest BCUT2D eigenvalue weighted by Crippen LogP contribution is -2.20. The molecule has 1 saturated carbocycles. The van der Waals surface area contributed by atoms with Crippen molar-refractivity contribution in [2.75, 3.05) is 11.9 Å². The highest BCUT2D eigenvalue weighted by molar-refractivity contribution is 5.88. The number of furan rings is 1. The van der Waals surface area contributed by atoms with E-state index in [9.17, 15) is 4.79 Å². The number of rotatable bonds is 5. The lowest BCUT2D eigenvalue weighted by molar-refractivity contribution is 0.0525. The fraction of sp³-hybridized carbons (Fsp3) is 0.357. The van der Waals surface area contributed by atoms with Crippen molar-refractivity contribution in [3.8, 4) is 0 Å². The van der Waals surface area contributed by atoms with Gasteiger partial charge in [0.05, 0.1) is 24.0 Å². The smallest absolute Gasteiger partial charge is 0.341 e. The van der Waals surface area contributed by atoms with Crippen molar-refractivity contribution < 1.29 is 13.9 Å². The van der Waals surface area contributed by atoms with Gasteiger partial charge in [-0.15, -0.1) is 0 Å². The van der Waals surface area contributed by atoms with Crippen molar-refractivity contribution in [2.45, 2.75) is 25.3 Å². The Bertz CT molecular complexity index is 589. The molecule has 0 bridgehead atoms. The second-order valence-electron chi connectivity index (χ2n) is 4.70. The first kappa shape index (κ1) is 12.7. The minimum atomic E-state index is -0.411. The van der Waals surface area contributed by atoms with E-state index in [0.717, 1.165) is 18.6 Å². The Morgan fingerprint density at radius 2 is 2.20 bits per heavy atom. The van der Waals surface area contributed by atoms with E-state index in [1.807, 2.05) is 12.1 Å². The average Bonchev–Trinajstić information content (AvgIpc) is 3.03. The topological polar surface area (TPSA) is 77.2 Å². The molecule has 0 atom stereocenters. The average molecular weight is 273 g/mol. The quantitative estimate of drug-likeness (QED) is 0.842. The monoisotopic (exact) mass is 273 g/mol. The zero-order valence-electron chi connectivity index (χ0n) is 11.1. The summed E-state index contributed by atoms with van der Waals surface area (Å²) in [6.07, 6.45) is 6.53. The Morgan fingerprint density at radius 3 is 2.75 bits per heavy atom. The largest absolute Gasteiger partial charge is 0.467 e. The molecule has 0 amide bonds. The molecule has 20 heavy (non-hydrogen) atoms. The summed E-state index contributed by atoms with van der Waals surface area (Å²) in [6.45, 7) is 2.09. The number of ether oxygens (including phenoxy) is 1. The third kappa shape index (κ3) is 2.36. The summed E-state index contributed by atoms with van der Waals surface area (Å²) in [5.74, 6) is 0.953. The van der Waals surface area contributed by atoms with Gasteiger partial charge in [-0.05, 0) is 31.9 Å². The number of aromatic nitrogens is 2. The van der Waals surface area contributed by atoms with Crippen LogP contribution < -0.4 is 5.32 Å². The van der Waals surface area contributed by atoms with E-state index in [-0.39, 0.29) is 5.54 Å². The summed E-state index contributed by atoms with van der Waals surface area (Å²) in [7, 11) is 0. The zero-order chi connectivity index (χ0) is 14.0. The molecule has 6 heteroatoms. The van der Waals surface area contributed by atoms with Crippen molar-refractivity contribution in [3.63, 3.8) is 0 Å². The van der Waals surface area contributed by atoms with Crippen molar-refractivity contribution in [3.05, 3.63) is 42.1 Å². The van der Waals surface area contributed by atoms with Crippen LogP contribution in [0, 0.1) is 0 Å². The molecule has 6 nitrogen and oxygen atoms in total. The summed E-state index contributed by atoms with van der Waals surface area (Å²) < 4.78 is 10.3. The Kier molecular flexibility index (Phi) is 3.14. The van der Waals surface area contributed by atoms with Crippen LogP contribution in [0.3, 0.4) is 0 Å². The van der Waals surface area contributed by atoms with Gasteiger partial charge >= 0.3 is 5.97 Å². The van der Waals surface area contributed by atoms with E-state index in [4.69, 9.17) is 9.15 Å². The number of anilines is 1. The SMILES string of the molecule is CCOC(=O)c1cnc(NC2(c3ccco3)CC2)nc1. The molecule has 0 saturated heterocycles. The highest BCUT2D eigenvalue weighted by Gasteiger charge is 2.47. The molecule has 1 aliphatic rings. The predicted molar refractivity (Wildman–Crippen MR) is 71.2 cm³/mol. The Labute approximate surface area is 116 Å². The second kappa shape index (κ2) is 4.96. The summed E-state index contributed by atoms with van der Waals surface area (Å²) in [4.78, 5) is 19.8. The first-order valence-electron chi connectivity index (χ1n) is 6.55. The third-order valence-electron chi connectivity index (χ3n) is 3.26. The third-order valence-corrected chi connectivity index (χ3v) is 3.26. The minimum Gasteiger partial charge on any atom is -0.467 e. The van der Waals surface area contributed by atoms with Gasteiger partial charge in [0.25, 0.3) is 0 Å². The van der Waals surface area contributed by atoms with Crippen LogP contribution >= 0.6 is 0 Å². The van der Waals surface area contributed by atoms with Gasteiger partial charge in [-0.3, -0.25) is 0 Å². The van der Waals surface area contributed by atoms with Gasteiger partial charge in [0.15, 0.2) is 0 Å². The number of nitrogens with zero attached hydrogens (tertiary/aromatic N) is 2. The van der Waals surface area contributed by atoms with Gasteiger partial charge in [0.2, 0.25) is 5.95 Å². The molecule has 2 aromatic heterocycles. The normalized spacial score (nSPS) is 15.7. The Morgan fingerprint density at radius 1 is 1.45 bits per heavy atom. The lowest BCUT2D eigenvalue weighted by atomic mass is 10.2. The van der Waals surface area contributed by atoms with E-state index in [0.29, 0.717) is 18.1 Å². The van der Waals surface area contributed by atoms with Gasteiger partial charge in [-0.2, -0.15) is 0 Å². The molecule has 3 rings (SSSR count). The molecule has 1 N–H and O–H groups in total. The lowest BCUT2D eigenvalue weighted by Gasteiger charge is -2.14.